The molecule has 2 fully saturated rings. The second-order valence-electron chi connectivity index (χ2n) is 9.53. The van der Waals surface area contributed by atoms with E-state index >= 15 is 0 Å². The summed E-state index contributed by atoms with van der Waals surface area (Å²) in [7, 11) is 1.06. The smallest absolute Gasteiger partial charge is 0.340 e. The summed E-state index contributed by atoms with van der Waals surface area (Å²) in [5.74, 6) is -3.78. The number of carbonyl (C=O) groups excluding carboxylic acids is 3. The van der Waals surface area contributed by atoms with Gasteiger partial charge in [-0.1, -0.05) is 30.3 Å². The molecule has 0 bridgehead atoms. The van der Waals surface area contributed by atoms with E-state index in [1.54, 1.807) is 4.90 Å². The van der Waals surface area contributed by atoms with Gasteiger partial charge < -0.3 is 20.7 Å². The minimum atomic E-state index is -1.02. The maximum atomic E-state index is 14.7. The van der Waals surface area contributed by atoms with Crippen LogP contribution >= 0.6 is 0 Å². The molecule has 2 aromatic rings. The van der Waals surface area contributed by atoms with Crippen molar-refractivity contribution in [1.29, 1.82) is 0 Å². The number of esters is 1. The number of benzene rings is 2. The maximum Gasteiger partial charge on any atom is 0.340 e. The average molecular weight is 500 g/mol. The van der Waals surface area contributed by atoms with Crippen molar-refractivity contribution in [2.45, 2.75) is 44.1 Å². The Hall–Kier alpha value is -3.33. The molecule has 0 radical (unpaired) electrons. The van der Waals surface area contributed by atoms with Gasteiger partial charge >= 0.3 is 5.97 Å². The fraction of sp³-hybridized carbons (Fsp3) is 0.444. The van der Waals surface area contributed by atoms with Crippen molar-refractivity contribution in [3.8, 4) is 0 Å². The van der Waals surface area contributed by atoms with Gasteiger partial charge in [-0.2, -0.15) is 0 Å². The minimum absolute atomic E-state index is 0.0863. The first-order valence-corrected chi connectivity index (χ1v) is 12.3. The van der Waals surface area contributed by atoms with Crippen LogP contribution in [0.15, 0.2) is 42.5 Å². The number of carbonyl (C=O) groups is 3. The van der Waals surface area contributed by atoms with Crippen LogP contribution in [0.5, 0.6) is 0 Å². The number of nitrogens with one attached hydrogen (secondary N) is 1. The van der Waals surface area contributed by atoms with Gasteiger partial charge in [-0.25, -0.2) is 13.6 Å². The van der Waals surface area contributed by atoms with E-state index in [1.807, 2.05) is 30.3 Å². The van der Waals surface area contributed by atoms with Gasteiger partial charge in [0.05, 0.1) is 18.4 Å². The number of anilines is 1. The lowest BCUT2D eigenvalue weighted by atomic mass is 9.81. The number of hydrogen-bond acceptors (Lipinski definition) is 5. The molecule has 0 unspecified atom stereocenters. The van der Waals surface area contributed by atoms with Crippen LogP contribution in [0.3, 0.4) is 0 Å². The third kappa shape index (κ3) is 5.26. The zero-order valence-electron chi connectivity index (χ0n) is 20.2. The minimum Gasteiger partial charge on any atom is -0.465 e. The van der Waals surface area contributed by atoms with Crippen LogP contribution in [0.2, 0.25) is 0 Å². The van der Waals surface area contributed by atoms with E-state index < -0.39 is 40.8 Å². The number of likely N-dealkylation sites (tertiary alicyclic amines) is 1. The quantitative estimate of drug-likeness (QED) is 0.588. The van der Waals surface area contributed by atoms with Crippen molar-refractivity contribution in [3.05, 3.63) is 65.2 Å². The van der Waals surface area contributed by atoms with Crippen LogP contribution in [-0.4, -0.2) is 48.9 Å². The van der Waals surface area contributed by atoms with Crippen LogP contribution < -0.4 is 11.1 Å². The third-order valence-corrected chi connectivity index (χ3v) is 7.43. The molecule has 7 nitrogen and oxygen atoms in total. The van der Waals surface area contributed by atoms with E-state index in [9.17, 15) is 23.2 Å². The second-order valence-corrected chi connectivity index (χ2v) is 9.53. The van der Waals surface area contributed by atoms with Gasteiger partial charge in [0, 0.05) is 24.4 Å². The number of amides is 2. The molecule has 0 aromatic heterocycles. The highest BCUT2D eigenvalue weighted by Gasteiger charge is 2.44. The first-order valence-electron chi connectivity index (χ1n) is 12.3. The lowest BCUT2D eigenvalue weighted by Gasteiger charge is -2.33. The average Bonchev–Trinajstić information content (AvgIpc) is 3.35. The van der Waals surface area contributed by atoms with E-state index in [1.165, 1.54) is 0 Å². The highest BCUT2D eigenvalue weighted by atomic mass is 19.1. The van der Waals surface area contributed by atoms with E-state index in [0.717, 1.165) is 44.4 Å². The molecule has 36 heavy (non-hydrogen) atoms. The number of hydrogen-bond donors (Lipinski definition) is 2. The Morgan fingerprint density at radius 2 is 1.72 bits per heavy atom. The molecule has 1 aliphatic carbocycles. The molecule has 2 aliphatic rings. The van der Waals surface area contributed by atoms with Crippen molar-refractivity contribution in [2.24, 2.45) is 17.6 Å². The number of rotatable bonds is 6. The van der Waals surface area contributed by atoms with E-state index in [0.29, 0.717) is 31.5 Å². The van der Waals surface area contributed by atoms with Crippen LogP contribution in [0.4, 0.5) is 14.5 Å². The number of halogens is 2. The fourth-order valence-electron chi connectivity index (χ4n) is 5.41. The molecular formula is C27H31F2N3O4. The summed E-state index contributed by atoms with van der Waals surface area (Å²) in [5.41, 5.74) is 5.71. The second kappa shape index (κ2) is 11.2. The maximum absolute atomic E-state index is 14.7. The molecule has 1 saturated carbocycles. The summed E-state index contributed by atoms with van der Waals surface area (Å²) in [4.78, 5) is 40.3. The molecule has 2 amide bonds. The number of methoxy groups -OCH3 is 1. The molecular weight excluding hydrogens is 468 g/mol. The van der Waals surface area contributed by atoms with Crippen LogP contribution in [0.1, 0.15) is 53.9 Å². The lowest BCUT2D eigenvalue weighted by molar-refractivity contribution is -0.141. The summed E-state index contributed by atoms with van der Waals surface area (Å²) >= 11 is 0. The zero-order chi connectivity index (χ0) is 25.8. The first kappa shape index (κ1) is 25.8. The third-order valence-electron chi connectivity index (χ3n) is 7.43. The number of nitrogens with two attached hydrogens (primary N) is 1. The molecule has 4 rings (SSSR count). The SMILES string of the molecule is COC(=O)c1cc(F)c(NC(=O)[C@@H]2[C@@H](c3ccccc3)CCN2C(=O)C2CCC(CN)CC2)cc1F. The van der Waals surface area contributed by atoms with Gasteiger partial charge in [0.1, 0.15) is 17.7 Å². The van der Waals surface area contributed by atoms with Crippen molar-refractivity contribution in [1.82, 2.24) is 4.90 Å². The number of ether oxygens (including phenoxy) is 1. The van der Waals surface area contributed by atoms with Gasteiger partial charge in [0.15, 0.2) is 0 Å². The van der Waals surface area contributed by atoms with Crippen LogP contribution in [-0.2, 0) is 14.3 Å². The normalized spacial score (nSPS) is 23.8. The lowest BCUT2D eigenvalue weighted by Crippen LogP contribution is -2.48. The zero-order valence-corrected chi connectivity index (χ0v) is 20.2. The predicted molar refractivity (Wildman–Crippen MR) is 130 cm³/mol. The van der Waals surface area contributed by atoms with Gasteiger partial charge in [0.25, 0.3) is 0 Å². The molecule has 2 atom stereocenters. The highest BCUT2D eigenvalue weighted by molar-refractivity contribution is 5.99. The molecule has 1 aliphatic heterocycles. The number of nitrogens with zero attached hydrogens (tertiary/aromatic N) is 1. The summed E-state index contributed by atoms with van der Waals surface area (Å²) < 4.78 is 33.6. The first-order chi connectivity index (χ1) is 17.3. The summed E-state index contributed by atoms with van der Waals surface area (Å²) in [5, 5.41) is 2.46. The Kier molecular flexibility index (Phi) is 7.98. The molecule has 192 valence electrons. The highest BCUT2D eigenvalue weighted by Crippen LogP contribution is 2.38. The van der Waals surface area contributed by atoms with Gasteiger partial charge in [-0.3, -0.25) is 9.59 Å². The molecule has 2 aromatic carbocycles. The van der Waals surface area contributed by atoms with E-state index in [2.05, 4.69) is 10.1 Å². The van der Waals surface area contributed by atoms with Crippen LogP contribution in [0, 0.1) is 23.5 Å². The fourth-order valence-corrected chi connectivity index (χ4v) is 5.41. The van der Waals surface area contributed by atoms with Gasteiger partial charge in [-0.05, 0) is 56.2 Å². The van der Waals surface area contributed by atoms with Crippen molar-refractivity contribution >= 4 is 23.5 Å². The Bertz CT molecular complexity index is 1120. The van der Waals surface area contributed by atoms with Crippen molar-refractivity contribution in [2.75, 3.05) is 25.5 Å². The monoisotopic (exact) mass is 499 g/mol. The Balaban J connectivity index is 1.60. The molecule has 0 spiro atoms. The van der Waals surface area contributed by atoms with E-state index in [4.69, 9.17) is 5.73 Å². The topological polar surface area (TPSA) is 102 Å². The summed E-state index contributed by atoms with van der Waals surface area (Å²) in [6.45, 7) is 0.994. The van der Waals surface area contributed by atoms with Crippen LogP contribution in [0.25, 0.3) is 0 Å². The van der Waals surface area contributed by atoms with Gasteiger partial charge in [0.2, 0.25) is 11.8 Å². The largest absolute Gasteiger partial charge is 0.465 e. The van der Waals surface area contributed by atoms with E-state index in [-0.39, 0.29) is 17.7 Å². The summed E-state index contributed by atoms with van der Waals surface area (Å²) in [6.07, 6.45) is 3.75. The van der Waals surface area contributed by atoms with Crippen molar-refractivity contribution < 1.29 is 27.9 Å². The molecule has 1 heterocycles. The molecule has 9 heteroatoms. The molecule has 1 saturated heterocycles. The predicted octanol–water partition coefficient (Wildman–Crippen LogP) is 3.84. The summed E-state index contributed by atoms with van der Waals surface area (Å²) in [6, 6.07) is 9.97. The Morgan fingerprint density at radius 1 is 1.03 bits per heavy atom. The van der Waals surface area contributed by atoms with Gasteiger partial charge in [-0.15, -0.1) is 0 Å². The van der Waals surface area contributed by atoms with Crippen molar-refractivity contribution in [3.63, 3.8) is 0 Å². The standard InChI is InChI=1S/C27H31F2N3O4/c1-36-27(35)20-13-22(29)23(14-21(20)28)31-25(33)24-19(17-5-3-2-4-6-17)11-12-32(24)26(34)18-9-7-16(15-30)8-10-18/h2-6,13-14,16,18-19,24H,7-12,15,30H2,1H3,(H,31,33)/t16?,18?,19-,24+/m1/s1. The Labute approximate surface area is 209 Å². The Morgan fingerprint density at radius 3 is 2.36 bits per heavy atom. The molecule has 3 N–H and O–H groups in total.